The molecule has 3 heterocycles. The van der Waals surface area contributed by atoms with Crippen molar-refractivity contribution >= 4 is 21.7 Å². The van der Waals surface area contributed by atoms with Crippen molar-refractivity contribution in [1.29, 1.82) is 0 Å². The number of hydrogen-bond donors (Lipinski definition) is 1. The van der Waals surface area contributed by atoms with E-state index in [4.69, 9.17) is 0 Å². The number of sulfonamides is 1. The molecule has 2 fully saturated rings. The molecule has 1 aromatic heterocycles. The number of likely N-dealkylation sites (tertiary alicyclic amines) is 1. The molecule has 0 spiro atoms. The Morgan fingerprint density at radius 2 is 2.04 bits per heavy atom. The zero-order valence-electron chi connectivity index (χ0n) is 13.9. The van der Waals surface area contributed by atoms with Crippen LogP contribution in [0, 0.1) is 0 Å². The van der Waals surface area contributed by atoms with Gasteiger partial charge in [-0.15, -0.1) is 0 Å². The fourth-order valence-electron chi connectivity index (χ4n) is 3.23. The second-order valence-corrected chi connectivity index (χ2v) is 8.25. The first-order valence-corrected chi connectivity index (χ1v) is 9.95. The van der Waals surface area contributed by atoms with Gasteiger partial charge in [0.15, 0.2) is 0 Å². The van der Waals surface area contributed by atoms with Crippen molar-refractivity contribution in [2.24, 2.45) is 0 Å². The van der Waals surface area contributed by atoms with Gasteiger partial charge in [0.25, 0.3) is 0 Å². The molecule has 1 aromatic rings. The van der Waals surface area contributed by atoms with E-state index in [1.165, 1.54) is 10.5 Å². The molecule has 0 aromatic carbocycles. The molecule has 2 aliphatic heterocycles. The third-order valence-electron chi connectivity index (χ3n) is 4.63. The Morgan fingerprint density at radius 3 is 2.67 bits per heavy atom. The summed E-state index contributed by atoms with van der Waals surface area (Å²) in [6, 6.07) is 3.47. The second-order valence-electron chi connectivity index (χ2n) is 6.31. The summed E-state index contributed by atoms with van der Waals surface area (Å²) in [5.74, 6) is 0.811. The van der Waals surface area contributed by atoms with E-state index >= 15 is 0 Å². The summed E-state index contributed by atoms with van der Waals surface area (Å²) in [5, 5.41) is 3.28. The van der Waals surface area contributed by atoms with Crippen LogP contribution in [0.5, 0.6) is 0 Å². The summed E-state index contributed by atoms with van der Waals surface area (Å²) in [4.78, 5) is 18.0. The molecule has 0 aliphatic carbocycles. The predicted octanol–water partition coefficient (Wildman–Crippen LogP) is 1.29. The van der Waals surface area contributed by atoms with E-state index in [9.17, 15) is 13.2 Å². The molecule has 1 amide bonds. The molecule has 2 saturated heterocycles. The number of aromatic nitrogens is 1. The molecule has 1 unspecified atom stereocenters. The number of carbonyl (C=O) groups excluding carboxylic acids is 1. The molecule has 1 N–H and O–H groups in total. The highest BCUT2D eigenvalue weighted by Gasteiger charge is 2.28. The van der Waals surface area contributed by atoms with Crippen LogP contribution >= 0.6 is 0 Å². The Hall–Kier alpha value is -1.67. The number of pyridine rings is 1. The number of anilines is 1. The highest BCUT2D eigenvalue weighted by atomic mass is 32.2. The number of nitrogens with one attached hydrogen (secondary N) is 1. The first-order chi connectivity index (χ1) is 11.5. The molecule has 2 aliphatic rings. The Kier molecular flexibility index (Phi) is 5.05. The summed E-state index contributed by atoms with van der Waals surface area (Å²) in [6.07, 6.45) is 4.65. The van der Waals surface area contributed by atoms with E-state index < -0.39 is 10.0 Å². The first-order valence-electron chi connectivity index (χ1n) is 8.51. The van der Waals surface area contributed by atoms with Crippen molar-refractivity contribution in [3.8, 4) is 0 Å². The van der Waals surface area contributed by atoms with Crippen LogP contribution in [0.2, 0.25) is 0 Å². The molecule has 0 bridgehead atoms. The summed E-state index contributed by atoms with van der Waals surface area (Å²) in [6.45, 7) is 4.47. The predicted molar refractivity (Wildman–Crippen MR) is 91.1 cm³/mol. The highest BCUT2D eigenvalue weighted by Crippen LogP contribution is 2.22. The van der Waals surface area contributed by atoms with E-state index in [1.807, 2.05) is 11.8 Å². The van der Waals surface area contributed by atoms with Gasteiger partial charge in [0.1, 0.15) is 10.7 Å². The zero-order valence-corrected chi connectivity index (χ0v) is 14.8. The Balaban J connectivity index is 1.62. The van der Waals surface area contributed by atoms with Gasteiger partial charge in [0.2, 0.25) is 15.9 Å². The van der Waals surface area contributed by atoms with Crippen LogP contribution in [0.4, 0.5) is 5.82 Å². The average Bonchev–Trinajstić information content (AvgIpc) is 3.26. The van der Waals surface area contributed by atoms with Gasteiger partial charge >= 0.3 is 0 Å². The maximum absolute atomic E-state index is 12.5. The minimum atomic E-state index is -3.42. The van der Waals surface area contributed by atoms with E-state index in [-0.39, 0.29) is 16.8 Å². The minimum Gasteiger partial charge on any atom is -0.365 e. The molecule has 7 nitrogen and oxygen atoms in total. The summed E-state index contributed by atoms with van der Waals surface area (Å²) in [5.41, 5.74) is 0. The third kappa shape index (κ3) is 3.54. The second kappa shape index (κ2) is 7.06. The Labute approximate surface area is 143 Å². The standard InChI is InChI=1S/C16H24N4O3S/c1-2-16(21)19-10-7-13(12-19)18-15-6-5-14(11-17-15)24(22,23)20-8-3-4-9-20/h5-6,11,13H,2-4,7-10,12H2,1H3,(H,17,18). The van der Waals surface area contributed by atoms with Gasteiger partial charge in [-0.25, -0.2) is 13.4 Å². The average molecular weight is 352 g/mol. The topological polar surface area (TPSA) is 82.6 Å². The van der Waals surface area contributed by atoms with Crippen molar-refractivity contribution in [2.45, 2.75) is 43.5 Å². The lowest BCUT2D eigenvalue weighted by atomic mass is 10.2. The fraction of sp³-hybridized carbons (Fsp3) is 0.625. The number of rotatable bonds is 5. The number of hydrogen-bond acceptors (Lipinski definition) is 5. The Bertz CT molecular complexity index is 684. The van der Waals surface area contributed by atoms with Crippen molar-refractivity contribution < 1.29 is 13.2 Å². The van der Waals surface area contributed by atoms with Crippen molar-refractivity contribution in [3.63, 3.8) is 0 Å². The lowest BCUT2D eigenvalue weighted by Crippen LogP contribution is -2.31. The summed E-state index contributed by atoms with van der Waals surface area (Å²) >= 11 is 0. The number of nitrogens with zero attached hydrogens (tertiary/aromatic N) is 3. The van der Waals surface area contributed by atoms with E-state index in [0.717, 1.165) is 25.8 Å². The molecule has 3 rings (SSSR count). The van der Waals surface area contributed by atoms with Gasteiger partial charge in [-0.2, -0.15) is 4.31 Å². The van der Waals surface area contributed by atoms with Gasteiger partial charge in [-0.3, -0.25) is 4.79 Å². The number of carbonyl (C=O) groups is 1. The van der Waals surface area contributed by atoms with Gasteiger partial charge in [-0.1, -0.05) is 6.92 Å². The maximum atomic E-state index is 12.5. The maximum Gasteiger partial charge on any atom is 0.244 e. The molecular weight excluding hydrogens is 328 g/mol. The molecule has 0 saturated carbocycles. The lowest BCUT2D eigenvalue weighted by molar-refractivity contribution is -0.129. The summed E-state index contributed by atoms with van der Waals surface area (Å²) in [7, 11) is -3.42. The normalized spacial score (nSPS) is 22.0. The zero-order chi connectivity index (χ0) is 17.2. The van der Waals surface area contributed by atoms with Crippen LogP contribution in [-0.2, 0) is 14.8 Å². The van der Waals surface area contributed by atoms with Crippen LogP contribution < -0.4 is 5.32 Å². The SMILES string of the molecule is CCC(=O)N1CCC(Nc2ccc(S(=O)(=O)N3CCCC3)cn2)C1. The van der Waals surface area contributed by atoms with Crippen molar-refractivity contribution in [2.75, 3.05) is 31.5 Å². The lowest BCUT2D eigenvalue weighted by Gasteiger charge is -2.17. The monoisotopic (exact) mass is 352 g/mol. The van der Waals surface area contributed by atoms with Crippen LogP contribution in [0.3, 0.4) is 0 Å². The largest absolute Gasteiger partial charge is 0.365 e. The molecule has 24 heavy (non-hydrogen) atoms. The van der Waals surface area contributed by atoms with Gasteiger partial charge in [0, 0.05) is 44.8 Å². The van der Waals surface area contributed by atoms with Gasteiger partial charge in [0.05, 0.1) is 0 Å². The van der Waals surface area contributed by atoms with E-state index in [0.29, 0.717) is 31.9 Å². The third-order valence-corrected chi connectivity index (χ3v) is 6.52. The quantitative estimate of drug-likeness (QED) is 0.863. The number of amides is 1. The molecule has 1 atom stereocenters. The molecule has 0 radical (unpaired) electrons. The first kappa shape index (κ1) is 17.2. The summed E-state index contributed by atoms with van der Waals surface area (Å²) < 4.78 is 26.4. The smallest absolute Gasteiger partial charge is 0.244 e. The van der Waals surface area contributed by atoms with Crippen molar-refractivity contribution in [1.82, 2.24) is 14.2 Å². The molecular formula is C16H24N4O3S. The Morgan fingerprint density at radius 1 is 1.29 bits per heavy atom. The van der Waals surface area contributed by atoms with Gasteiger partial charge < -0.3 is 10.2 Å². The molecule has 132 valence electrons. The van der Waals surface area contributed by atoms with E-state index in [2.05, 4.69) is 10.3 Å². The van der Waals surface area contributed by atoms with Crippen LogP contribution in [0.25, 0.3) is 0 Å². The van der Waals surface area contributed by atoms with Crippen LogP contribution in [-0.4, -0.2) is 60.7 Å². The van der Waals surface area contributed by atoms with Gasteiger partial charge in [-0.05, 0) is 31.4 Å². The minimum absolute atomic E-state index is 0.161. The van der Waals surface area contributed by atoms with Crippen LogP contribution in [0.15, 0.2) is 23.2 Å². The fourth-order valence-corrected chi connectivity index (χ4v) is 4.70. The van der Waals surface area contributed by atoms with E-state index in [1.54, 1.807) is 12.1 Å². The molecule has 8 heteroatoms. The van der Waals surface area contributed by atoms with Crippen LogP contribution in [0.1, 0.15) is 32.6 Å². The highest BCUT2D eigenvalue weighted by molar-refractivity contribution is 7.89. The van der Waals surface area contributed by atoms with Crippen molar-refractivity contribution in [3.05, 3.63) is 18.3 Å².